The van der Waals surface area contributed by atoms with Gasteiger partial charge in [-0.15, -0.1) is 0 Å². The molecule has 0 radical (unpaired) electrons. The summed E-state index contributed by atoms with van der Waals surface area (Å²) in [5.74, 6) is -0.186. The molecule has 1 amide bonds. The lowest BCUT2D eigenvalue weighted by atomic mass is 10.2. The molecule has 1 aromatic rings. The molecule has 3 heterocycles. The Hall–Kier alpha value is -1.26. The van der Waals surface area contributed by atoms with Crippen molar-refractivity contribution in [2.75, 3.05) is 51.1 Å². The molecule has 27 heavy (non-hydrogen) atoms. The van der Waals surface area contributed by atoms with E-state index in [1.165, 1.54) is 0 Å². The maximum atomic E-state index is 12.8. The molecular formula is C17H26ClN5O3S. The number of piperazine rings is 1. The van der Waals surface area contributed by atoms with Gasteiger partial charge in [0.25, 0.3) is 10.2 Å². The summed E-state index contributed by atoms with van der Waals surface area (Å²) in [5, 5.41) is 2.99. The molecular weight excluding hydrogens is 390 g/mol. The third kappa shape index (κ3) is 5.39. The summed E-state index contributed by atoms with van der Waals surface area (Å²) in [4.78, 5) is 18.1. The van der Waals surface area contributed by atoms with Crippen molar-refractivity contribution in [2.45, 2.75) is 25.7 Å². The summed E-state index contributed by atoms with van der Waals surface area (Å²) in [6.07, 6.45) is 5.60. The van der Waals surface area contributed by atoms with E-state index in [9.17, 15) is 13.2 Å². The lowest BCUT2D eigenvalue weighted by Crippen LogP contribution is -2.54. The van der Waals surface area contributed by atoms with Crippen molar-refractivity contribution < 1.29 is 13.2 Å². The third-order valence-electron chi connectivity index (χ3n) is 4.95. The SMILES string of the molecule is O=C(CN1CCN(S(=O)(=O)N2CCCCCC2)CC1)Nc1cccnc1Cl. The van der Waals surface area contributed by atoms with Gasteiger partial charge in [0.15, 0.2) is 5.15 Å². The first kappa shape index (κ1) is 20.5. The topological polar surface area (TPSA) is 85.9 Å². The number of hydrogen-bond donors (Lipinski definition) is 1. The fourth-order valence-corrected chi connectivity index (χ4v) is 5.26. The lowest BCUT2D eigenvalue weighted by molar-refractivity contribution is -0.117. The zero-order valence-corrected chi connectivity index (χ0v) is 16.9. The minimum Gasteiger partial charge on any atom is -0.322 e. The van der Waals surface area contributed by atoms with E-state index in [4.69, 9.17) is 11.6 Å². The van der Waals surface area contributed by atoms with Crippen LogP contribution in [0.3, 0.4) is 0 Å². The molecule has 8 nitrogen and oxygen atoms in total. The smallest absolute Gasteiger partial charge is 0.282 e. The number of pyridine rings is 1. The summed E-state index contributed by atoms with van der Waals surface area (Å²) in [6.45, 7) is 3.28. The Bertz CT molecular complexity index is 745. The molecule has 0 bridgehead atoms. The van der Waals surface area contributed by atoms with Gasteiger partial charge >= 0.3 is 0 Å². The Morgan fingerprint density at radius 1 is 1.04 bits per heavy atom. The van der Waals surface area contributed by atoms with E-state index in [-0.39, 0.29) is 17.6 Å². The maximum absolute atomic E-state index is 12.8. The second-order valence-corrected chi connectivity index (χ2v) is 9.17. The number of rotatable bonds is 5. The number of amides is 1. The summed E-state index contributed by atoms with van der Waals surface area (Å²) in [5.41, 5.74) is 0.478. The number of anilines is 1. The van der Waals surface area contributed by atoms with Crippen LogP contribution in [0, 0.1) is 0 Å². The Labute approximate surface area is 165 Å². The van der Waals surface area contributed by atoms with Crippen LogP contribution in [0.4, 0.5) is 5.69 Å². The normalized spacial score (nSPS) is 20.9. The van der Waals surface area contributed by atoms with E-state index in [0.717, 1.165) is 25.7 Å². The van der Waals surface area contributed by atoms with Gasteiger partial charge < -0.3 is 5.32 Å². The molecule has 2 aliphatic heterocycles. The van der Waals surface area contributed by atoms with Crippen LogP contribution < -0.4 is 5.32 Å². The first-order chi connectivity index (χ1) is 13.0. The largest absolute Gasteiger partial charge is 0.322 e. The van der Waals surface area contributed by atoms with E-state index in [1.807, 2.05) is 4.90 Å². The van der Waals surface area contributed by atoms with Crippen LogP contribution in [0.1, 0.15) is 25.7 Å². The molecule has 0 atom stereocenters. The zero-order valence-electron chi connectivity index (χ0n) is 15.3. The third-order valence-corrected chi connectivity index (χ3v) is 7.29. The number of nitrogens with zero attached hydrogens (tertiary/aromatic N) is 4. The monoisotopic (exact) mass is 415 g/mol. The molecule has 1 aromatic heterocycles. The Balaban J connectivity index is 1.49. The van der Waals surface area contributed by atoms with Crippen LogP contribution in [0.5, 0.6) is 0 Å². The molecule has 0 aromatic carbocycles. The highest BCUT2D eigenvalue weighted by Crippen LogP contribution is 2.19. The average molecular weight is 416 g/mol. The van der Waals surface area contributed by atoms with Crippen LogP contribution in [-0.4, -0.2) is 78.6 Å². The fraction of sp³-hybridized carbons (Fsp3) is 0.647. The number of halogens is 1. The van der Waals surface area contributed by atoms with Crippen LogP contribution >= 0.6 is 11.6 Å². The van der Waals surface area contributed by atoms with Gasteiger partial charge in [-0.1, -0.05) is 24.4 Å². The van der Waals surface area contributed by atoms with Crippen LogP contribution in [0.25, 0.3) is 0 Å². The molecule has 0 unspecified atom stereocenters. The molecule has 0 saturated carbocycles. The van der Waals surface area contributed by atoms with E-state index < -0.39 is 10.2 Å². The molecule has 3 rings (SSSR count). The van der Waals surface area contributed by atoms with Crippen LogP contribution in [-0.2, 0) is 15.0 Å². The number of nitrogens with one attached hydrogen (secondary N) is 1. The summed E-state index contributed by atoms with van der Waals surface area (Å²) in [7, 11) is -3.40. The van der Waals surface area contributed by atoms with Gasteiger partial charge in [0.2, 0.25) is 5.91 Å². The van der Waals surface area contributed by atoms with Gasteiger partial charge in [-0.25, -0.2) is 4.98 Å². The molecule has 150 valence electrons. The van der Waals surface area contributed by atoms with E-state index in [2.05, 4.69) is 10.3 Å². The number of hydrogen-bond acceptors (Lipinski definition) is 5. The highest BCUT2D eigenvalue weighted by atomic mass is 35.5. The van der Waals surface area contributed by atoms with E-state index in [0.29, 0.717) is 45.0 Å². The second-order valence-electron chi connectivity index (χ2n) is 6.89. The summed E-state index contributed by atoms with van der Waals surface area (Å²) in [6, 6.07) is 3.40. The summed E-state index contributed by atoms with van der Waals surface area (Å²) < 4.78 is 28.8. The lowest BCUT2D eigenvalue weighted by Gasteiger charge is -2.36. The quantitative estimate of drug-likeness (QED) is 0.735. The first-order valence-electron chi connectivity index (χ1n) is 9.35. The maximum Gasteiger partial charge on any atom is 0.282 e. The fourth-order valence-electron chi connectivity index (χ4n) is 3.43. The predicted octanol–water partition coefficient (Wildman–Crippen LogP) is 1.41. The van der Waals surface area contributed by atoms with Crippen molar-refractivity contribution in [3.05, 3.63) is 23.5 Å². The standard InChI is InChI=1S/C17H26ClN5O3S/c18-17-15(6-5-7-19-17)20-16(24)14-21-10-12-23(13-11-21)27(25,26)22-8-3-1-2-4-9-22/h5-7H,1-4,8-14H2,(H,20,24). The van der Waals surface area contributed by atoms with Gasteiger partial charge in [-0.05, 0) is 25.0 Å². The molecule has 10 heteroatoms. The van der Waals surface area contributed by atoms with Gasteiger partial charge in [-0.2, -0.15) is 17.0 Å². The number of carbonyl (C=O) groups is 1. The molecule has 2 fully saturated rings. The van der Waals surface area contributed by atoms with Crippen LogP contribution in [0.2, 0.25) is 5.15 Å². The minimum atomic E-state index is -3.40. The Kier molecular flexibility index (Phi) is 7.04. The van der Waals surface area contributed by atoms with Crippen molar-refractivity contribution in [1.82, 2.24) is 18.5 Å². The van der Waals surface area contributed by atoms with E-state index in [1.54, 1.807) is 26.9 Å². The molecule has 1 N–H and O–H groups in total. The van der Waals surface area contributed by atoms with Gasteiger partial charge in [0, 0.05) is 45.5 Å². The predicted molar refractivity (Wildman–Crippen MR) is 105 cm³/mol. The van der Waals surface area contributed by atoms with Gasteiger partial charge in [0.1, 0.15) is 0 Å². The van der Waals surface area contributed by atoms with Crippen molar-refractivity contribution in [2.24, 2.45) is 0 Å². The van der Waals surface area contributed by atoms with Crippen LogP contribution in [0.15, 0.2) is 18.3 Å². The minimum absolute atomic E-state index is 0.186. The summed E-state index contributed by atoms with van der Waals surface area (Å²) >= 11 is 5.95. The number of carbonyl (C=O) groups excluding carboxylic acids is 1. The molecule has 2 aliphatic rings. The highest BCUT2D eigenvalue weighted by Gasteiger charge is 2.32. The average Bonchev–Trinajstić information content (AvgIpc) is 2.94. The van der Waals surface area contributed by atoms with Gasteiger partial charge in [0.05, 0.1) is 12.2 Å². The Morgan fingerprint density at radius 2 is 1.67 bits per heavy atom. The second kappa shape index (κ2) is 9.29. The number of aromatic nitrogens is 1. The molecule has 2 saturated heterocycles. The van der Waals surface area contributed by atoms with Crippen molar-refractivity contribution >= 4 is 33.4 Å². The highest BCUT2D eigenvalue weighted by molar-refractivity contribution is 7.86. The Morgan fingerprint density at radius 3 is 2.30 bits per heavy atom. The van der Waals surface area contributed by atoms with Crippen molar-refractivity contribution in [1.29, 1.82) is 0 Å². The van der Waals surface area contributed by atoms with Gasteiger partial charge in [-0.3, -0.25) is 9.69 Å². The van der Waals surface area contributed by atoms with E-state index >= 15 is 0 Å². The first-order valence-corrected chi connectivity index (χ1v) is 11.1. The zero-order chi connectivity index (χ0) is 19.3. The molecule has 0 aliphatic carbocycles. The van der Waals surface area contributed by atoms with Crippen molar-refractivity contribution in [3.63, 3.8) is 0 Å². The molecule has 0 spiro atoms. The van der Waals surface area contributed by atoms with Crippen molar-refractivity contribution in [3.8, 4) is 0 Å².